The van der Waals surface area contributed by atoms with Crippen LogP contribution < -0.4 is 16.6 Å². The van der Waals surface area contributed by atoms with Gasteiger partial charge in [0.05, 0.1) is 0 Å². The van der Waals surface area contributed by atoms with Gasteiger partial charge in [0.1, 0.15) is 11.6 Å². The monoisotopic (exact) mass is 243 g/mol. The second-order valence-corrected chi connectivity index (χ2v) is 3.36. The van der Waals surface area contributed by atoms with Crippen molar-refractivity contribution < 1.29 is 4.79 Å². The van der Waals surface area contributed by atoms with Crippen molar-refractivity contribution in [2.45, 2.75) is 6.54 Å². The third kappa shape index (κ3) is 3.09. The molecule has 0 atom stereocenters. The van der Waals surface area contributed by atoms with Gasteiger partial charge in [-0.15, -0.1) is 6.58 Å². The Balaban J connectivity index is 2.86. The first-order valence-corrected chi connectivity index (χ1v) is 4.79. The highest BCUT2D eigenvalue weighted by Gasteiger charge is 2.06. The van der Waals surface area contributed by atoms with Gasteiger partial charge in [-0.25, -0.2) is 4.79 Å². The maximum Gasteiger partial charge on any atom is 0.328 e. The Morgan fingerprint density at radius 3 is 2.94 bits per heavy atom. The molecule has 1 aromatic rings. The number of hydrogen-bond donors (Lipinski definition) is 2. The number of aromatic nitrogens is 2. The lowest BCUT2D eigenvalue weighted by Gasteiger charge is -2.05. The quantitative estimate of drug-likeness (QED) is 0.699. The van der Waals surface area contributed by atoms with E-state index in [0.29, 0.717) is 6.54 Å². The van der Waals surface area contributed by atoms with Crippen molar-refractivity contribution in [2.24, 2.45) is 0 Å². The first-order valence-electron chi connectivity index (χ1n) is 4.41. The van der Waals surface area contributed by atoms with E-state index in [9.17, 15) is 14.4 Å². The summed E-state index contributed by atoms with van der Waals surface area (Å²) in [6.45, 7) is 3.54. The van der Waals surface area contributed by atoms with Gasteiger partial charge in [0, 0.05) is 12.7 Å². The number of amides is 1. The smallest absolute Gasteiger partial charge is 0.328 e. The number of carbonyl (C=O) groups excluding carboxylic acids is 1. The van der Waals surface area contributed by atoms with E-state index >= 15 is 0 Å². The summed E-state index contributed by atoms with van der Waals surface area (Å²) in [6.07, 6.45) is 2.64. The highest BCUT2D eigenvalue weighted by Crippen LogP contribution is 1.95. The highest BCUT2D eigenvalue weighted by atomic mass is 35.5. The summed E-state index contributed by atoms with van der Waals surface area (Å²) in [7, 11) is 0. The summed E-state index contributed by atoms with van der Waals surface area (Å²) in [5.74, 6) is -0.370. The lowest BCUT2D eigenvalue weighted by molar-refractivity contribution is -0.121. The first kappa shape index (κ1) is 12.3. The number of nitrogens with one attached hydrogen (secondary N) is 2. The van der Waals surface area contributed by atoms with Crippen LogP contribution in [0.4, 0.5) is 0 Å². The lowest BCUT2D eigenvalue weighted by atomic mass is 10.5. The minimum absolute atomic E-state index is 0.142. The topological polar surface area (TPSA) is 84.0 Å². The Labute approximate surface area is 95.6 Å². The van der Waals surface area contributed by atoms with Crippen LogP contribution in [0.25, 0.3) is 0 Å². The van der Waals surface area contributed by atoms with Gasteiger partial charge >= 0.3 is 5.69 Å². The molecule has 1 rings (SSSR count). The van der Waals surface area contributed by atoms with Crippen molar-refractivity contribution in [3.05, 3.63) is 44.7 Å². The van der Waals surface area contributed by atoms with Crippen LogP contribution in [0.3, 0.4) is 0 Å². The molecule has 1 heterocycles. The molecular formula is C9H10ClN3O3. The van der Waals surface area contributed by atoms with Crippen molar-refractivity contribution in [2.75, 3.05) is 6.54 Å². The number of hydrogen-bond acceptors (Lipinski definition) is 3. The summed E-state index contributed by atoms with van der Waals surface area (Å²) in [6, 6.07) is 0. The molecule has 0 saturated heterocycles. The average molecular weight is 244 g/mol. The number of rotatable bonds is 4. The molecule has 0 unspecified atom stereocenters. The molecule has 0 spiro atoms. The molecule has 16 heavy (non-hydrogen) atoms. The molecule has 6 nitrogen and oxygen atoms in total. The maximum atomic E-state index is 11.3. The molecule has 1 amide bonds. The molecule has 2 N–H and O–H groups in total. The average Bonchev–Trinajstić information content (AvgIpc) is 2.23. The van der Waals surface area contributed by atoms with Gasteiger partial charge in [0.15, 0.2) is 0 Å². The van der Waals surface area contributed by atoms with Gasteiger partial charge in [0.2, 0.25) is 5.91 Å². The normalized spacial score (nSPS) is 9.81. The molecule has 0 bridgehead atoms. The van der Waals surface area contributed by atoms with Gasteiger partial charge in [-0.1, -0.05) is 17.7 Å². The third-order valence-electron chi connectivity index (χ3n) is 1.72. The second kappa shape index (κ2) is 5.32. The van der Waals surface area contributed by atoms with Crippen LogP contribution in [0.5, 0.6) is 0 Å². The molecule has 0 saturated carbocycles. The fourth-order valence-corrected chi connectivity index (χ4v) is 1.16. The fraction of sp³-hybridized carbons (Fsp3) is 0.222. The Kier molecular flexibility index (Phi) is 4.07. The number of carbonyl (C=O) groups is 1. The zero-order valence-corrected chi connectivity index (χ0v) is 9.08. The van der Waals surface area contributed by atoms with Gasteiger partial charge in [0.25, 0.3) is 5.56 Å². The molecule has 0 fully saturated rings. The van der Waals surface area contributed by atoms with Crippen LogP contribution in [0.15, 0.2) is 28.4 Å². The lowest BCUT2D eigenvalue weighted by Crippen LogP contribution is -2.35. The summed E-state index contributed by atoms with van der Waals surface area (Å²) >= 11 is 5.52. The van der Waals surface area contributed by atoms with E-state index in [0.717, 1.165) is 10.8 Å². The van der Waals surface area contributed by atoms with Crippen LogP contribution in [0.1, 0.15) is 0 Å². The fourth-order valence-electron chi connectivity index (χ4n) is 0.997. The molecule has 0 radical (unpaired) electrons. The zero-order chi connectivity index (χ0) is 12.1. The highest BCUT2D eigenvalue weighted by molar-refractivity contribution is 6.30. The second-order valence-electron chi connectivity index (χ2n) is 2.96. The number of halogens is 1. The van der Waals surface area contributed by atoms with Crippen molar-refractivity contribution in [3.63, 3.8) is 0 Å². The Morgan fingerprint density at radius 2 is 2.31 bits per heavy atom. The predicted octanol–water partition coefficient (Wildman–Crippen LogP) is -0.508. The number of nitrogens with zero attached hydrogens (tertiary/aromatic N) is 1. The molecule has 1 aromatic heterocycles. The molecule has 0 aromatic carbocycles. The summed E-state index contributed by atoms with van der Waals surface area (Å²) in [5.41, 5.74) is -1.35. The molecule has 86 valence electrons. The van der Waals surface area contributed by atoms with Crippen LogP contribution in [0, 0.1) is 0 Å². The SMILES string of the molecule is C=CCNC(=O)Cn1cc(Cl)c(=O)[nH]c1=O. The molecular weight excluding hydrogens is 234 g/mol. The van der Waals surface area contributed by atoms with E-state index in [2.05, 4.69) is 11.9 Å². The minimum atomic E-state index is -0.678. The van der Waals surface area contributed by atoms with Crippen LogP contribution in [-0.4, -0.2) is 22.0 Å². The number of aromatic amines is 1. The van der Waals surface area contributed by atoms with E-state index in [1.165, 1.54) is 6.08 Å². The van der Waals surface area contributed by atoms with Crippen molar-refractivity contribution >= 4 is 17.5 Å². The minimum Gasteiger partial charge on any atom is -0.351 e. The van der Waals surface area contributed by atoms with Crippen LogP contribution in [-0.2, 0) is 11.3 Å². The largest absolute Gasteiger partial charge is 0.351 e. The van der Waals surface area contributed by atoms with E-state index in [-0.39, 0.29) is 17.5 Å². The molecule has 0 aliphatic heterocycles. The van der Waals surface area contributed by atoms with Gasteiger partial charge < -0.3 is 5.32 Å². The van der Waals surface area contributed by atoms with Gasteiger partial charge in [-0.2, -0.15) is 0 Å². The first-order chi connectivity index (χ1) is 7.54. The van der Waals surface area contributed by atoms with E-state index in [4.69, 9.17) is 11.6 Å². The number of H-pyrrole nitrogens is 1. The van der Waals surface area contributed by atoms with Crippen molar-refractivity contribution in [1.29, 1.82) is 0 Å². The Morgan fingerprint density at radius 1 is 1.62 bits per heavy atom. The predicted molar refractivity (Wildman–Crippen MR) is 59.5 cm³/mol. The standard InChI is InChI=1S/C9H10ClN3O3/c1-2-3-11-7(14)5-13-4-6(10)8(15)12-9(13)16/h2,4H,1,3,5H2,(H,11,14)(H,12,15,16). The summed E-state index contributed by atoms with van der Waals surface area (Å²) < 4.78 is 1.02. The Bertz CT molecular complexity index is 517. The van der Waals surface area contributed by atoms with Crippen LogP contribution >= 0.6 is 11.6 Å². The third-order valence-corrected chi connectivity index (χ3v) is 1.99. The van der Waals surface area contributed by atoms with Crippen molar-refractivity contribution in [1.82, 2.24) is 14.9 Å². The van der Waals surface area contributed by atoms with Crippen molar-refractivity contribution in [3.8, 4) is 0 Å². The summed E-state index contributed by atoms with van der Waals surface area (Å²) in [5, 5.41) is 2.35. The van der Waals surface area contributed by atoms with Gasteiger partial charge in [-0.05, 0) is 0 Å². The zero-order valence-electron chi connectivity index (χ0n) is 8.33. The van der Waals surface area contributed by atoms with E-state index in [1.807, 2.05) is 4.98 Å². The van der Waals surface area contributed by atoms with E-state index in [1.54, 1.807) is 0 Å². The maximum absolute atomic E-state index is 11.3. The Hall–Kier alpha value is -1.82. The van der Waals surface area contributed by atoms with Gasteiger partial charge in [-0.3, -0.25) is 19.1 Å². The molecule has 0 aliphatic carbocycles. The van der Waals surface area contributed by atoms with Crippen LogP contribution in [0.2, 0.25) is 5.02 Å². The van der Waals surface area contributed by atoms with E-state index < -0.39 is 11.2 Å². The summed E-state index contributed by atoms with van der Waals surface area (Å²) in [4.78, 5) is 35.4. The molecule has 0 aliphatic rings. The molecule has 7 heteroatoms.